The maximum Gasteiger partial charge on any atom is 0.363 e. The quantitative estimate of drug-likeness (QED) is 0.597. The lowest BCUT2D eigenvalue weighted by Gasteiger charge is -2.23. The number of nitro groups is 1. The van der Waals surface area contributed by atoms with Gasteiger partial charge in [0, 0.05) is 12.1 Å². The summed E-state index contributed by atoms with van der Waals surface area (Å²) in [5.74, 6) is -1.78. The molecule has 0 atom stereocenters. The standard InChI is InChI=1S/C10H13N3O6S/c1-7(2)12(6-10(14)15)20(18,19)8-3-4-9(11-5-8)13(16)17/h3-5,7H,6H2,1-2H3,(H,14,15). The third-order valence-corrected chi connectivity index (χ3v) is 4.39. The third-order valence-electron chi connectivity index (χ3n) is 2.38. The van der Waals surface area contributed by atoms with E-state index >= 15 is 0 Å². The Bertz CT molecular complexity index is 610. The van der Waals surface area contributed by atoms with Crippen molar-refractivity contribution in [2.45, 2.75) is 24.8 Å². The van der Waals surface area contributed by atoms with Crippen LogP contribution in [-0.4, -0.2) is 46.3 Å². The van der Waals surface area contributed by atoms with Crippen LogP contribution < -0.4 is 0 Å². The monoisotopic (exact) mass is 303 g/mol. The van der Waals surface area contributed by atoms with Crippen molar-refractivity contribution in [1.29, 1.82) is 0 Å². The van der Waals surface area contributed by atoms with E-state index in [2.05, 4.69) is 4.98 Å². The molecule has 1 rings (SSSR count). The molecule has 9 nitrogen and oxygen atoms in total. The highest BCUT2D eigenvalue weighted by Crippen LogP contribution is 2.19. The average Bonchev–Trinajstić information content (AvgIpc) is 2.35. The molecule has 0 aliphatic heterocycles. The molecule has 0 saturated heterocycles. The molecule has 20 heavy (non-hydrogen) atoms. The lowest BCUT2D eigenvalue weighted by atomic mass is 10.4. The molecule has 1 heterocycles. The van der Waals surface area contributed by atoms with Crippen LogP contribution in [0.1, 0.15) is 13.8 Å². The molecule has 1 N–H and O–H groups in total. The van der Waals surface area contributed by atoms with Gasteiger partial charge >= 0.3 is 11.8 Å². The van der Waals surface area contributed by atoms with Crippen LogP contribution in [0, 0.1) is 10.1 Å². The van der Waals surface area contributed by atoms with Gasteiger partial charge in [-0.05, 0) is 29.8 Å². The van der Waals surface area contributed by atoms with Crippen LogP contribution in [-0.2, 0) is 14.8 Å². The van der Waals surface area contributed by atoms with E-state index in [0.29, 0.717) is 0 Å². The second-order valence-electron chi connectivity index (χ2n) is 4.15. The topological polar surface area (TPSA) is 131 Å². The van der Waals surface area contributed by atoms with E-state index in [1.54, 1.807) is 0 Å². The molecule has 0 bridgehead atoms. The molecule has 1 aromatic heterocycles. The first kappa shape index (κ1) is 16.0. The SMILES string of the molecule is CC(C)N(CC(=O)O)S(=O)(=O)c1ccc([N+](=O)[O-])nc1. The van der Waals surface area contributed by atoms with Gasteiger partial charge in [0.05, 0.1) is 0 Å². The van der Waals surface area contributed by atoms with Crippen molar-refractivity contribution in [2.24, 2.45) is 0 Å². The molecule has 0 aliphatic carbocycles. The zero-order valence-corrected chi connectivity index (χ0v) is 11.6. The number of carboxylic acids is 1. The van der Waals surface area contributed by atoms with Crippen molar-refractivity contribution < 1.29 is 23.2 Å². The molecule has 0 saturated carbocycles. The predicted molar refractivity (Wildman–Crippen MR) is 67.6 cm³/mol. The molecule has 0 spiro atoms. The molecule has 1 aromatic rings. The summed E-state index contributed by atoms with van der Waals surface area (Å²) in [6, 6.07) is 1.40. The number of rotatable bonds is 6. The number of sulfonamides is 1. The Hall–Kier alpha value is -2.07. The van der Waals surface area contributed by atoms with Gasteiger partial charge in [0.25, 0.3) is 0 Å². The van der Waals surface area contributed by atoms with Gasteiger partial charge in [0.1, 0.15) is 11.4 Å². The number of aromatic nitrogens is 1. The van der Waals surface area contributed by atoms with Gasteiger partial charge in [-0.15, -0.1) is 0 Å². The minimum atomic E-state index is -4.07. The maximum atomic E-state index is 12.2. The van der Waals surface area contributed by atoms with Gasteiger partial charge in [-0.25, -0.2) is 8.42 Å². The van der Waals surface area contributed by atoms with E-state index in [4.69, 9.17) is 5.11 Å². The zero-order chi connectivity index (χ0) is 15.5. The van der Waals surface area contributed by atoms with Crippen molar-refractivity contribution in [3.63, 3.8) is 0 Å². The lowest BCUT2D eigenvalue weighted by molar-refractivity contribution is -0.389. The van der Waals surface area contributed by atoms with Crippen LogP contribution >= 0.6 is 0 Å². The summed E-state index contributed by atoms with van der Waals surface area (Å²) in [6.07, 6.45) is 0.838. The molecular formula is C10H13N3O6S. The minimum Gasteiger partial charge on any atom is -0.480 e. The van der Waals surface area contributed by atoms with Gasteiger partial charge in [-0.3, -0.25) is 4.79 Å². The Balaban J connectivity index is 3.19. The van der Waals surface area contributed by atoms with Crippen molar-refractivity contribution in [3.8, 4) is 0 Å². The first-order valence-electron chi connectivity index (χ1n) is 5.50. The van der Waals surface area contributed by atoms with Gasteiger partial charge < -0.3 is 15.2 Å². The fraction of sp³-hybridized carbons (Fsp3) is 0.400. The summed E-state index contributed by atoms with van der Waals surface area (Å²) in [7, 11) is -4.07. The Labute approximate surface area is 115 Å². The second kappa shape index (κ2) is 5.92. The molecule has 0 aromatic carbocycles. The summed E-state index contributed by atoms with van der Waals surface area (Å²) in [5.41, 5.74) is 0. The summed E-state index contributed by atoms with van der Waals surface area (Å²) in [4.78, 5) is 23.5. The number of aliphatic carboxylic acids is 1. The highest BCUT2D eigenvalue weighted by Gasteiger charge is 2.30. The predicted octanol–water partition coefficient (Wildman–Crippen LogP) is 0.473. The Morgan fingerprint density at radius 1 is 1.50 bits per heavy atom. The lowest BCUT2D eigenvalue weighted by Crippen LogP contribution is -2.40. The Morgan fingerprint density at radius 3 is 2.45 bits per heavy atom. The van der Waals surface area contributed by atoms with Crippen molar-refractivity contribution in [1.82, 2.24) is 9.29 Å². The molecule has 0 fully saturated rings. The molecule has 10 heteroatoms. The number of carbonyl (C=O) groups is 1. The third kappa shape index (κ3) is 3.48. The van der Waals surface area contributed by atoms with Gasteiger partial charge in [-0.1, -0.05) is 0 Å². The van der Waals surface area contributed by atoms with Crippen LogP contribution in [0.4, 0.5) is 5.82 Å². The van der Waals surface area contributed by atoms with Crippen LogP contribution in [0.2, 0.25) is 0 Å². The molecular weight excluding hydrogens is 290 g/mol. The fourth-order valence-corrected chi connectivity index (χ4v) is 2.98. The van der Waals surface area contributed by atoms with E-state index in [1.165, 1.54) is 13.8 Å². The number of hydrogen-bond acceptors (Lipinski definition) is 6. The highest BCUT2D eigenvalue weighted by molar-refractivity contribution is 7.89. The molecule has 0 aliphatic rings. The fourth-order valence-electron chi connectivity index (χ4n) is 1.45. The summed E-state index contributed by atoms with van der Waals surface area (Å²) in [5, 5.41) is 19.2. The smallest absolute Gasteiger partial charge is 0.363 e. The van der Waals surface area contributed by atoms with Crippen molar-refractivity contribution in [3.05, 3.63) is 28.4 Å². The van der Waals surface area contributed by atoms with Gasteiger partial charge in [-0.2, -0.15) is 4.31 Å². The van der Waals surface area contributed by atoms with E-state index in [0.717, 1.165) is 22.6 Å². The van der Waals surface area contributed by atoms with E-state index in [1.807, 2.05) is 0 Å². The van der Waals surface area contributed by atoms with Crippen LogP contribution in [0.15, 0.2) is 23.2 Å². The van der Waals surface area contributed by atoms with Crippen LogP contribution in [0.3, 0.4) is 0 Å². The van der Waals surface area contributed by atoms with E-state index in [-0.39, 0.29) is 4.90 Å². The minimum absolute atomic E-state index is 0.293. The second-order valence-corrected chi connectivity index (χ2v) is 6.04. The molecule has 0 radical (unpaired) electrons. The summed E-state index contributed by atoms with van der Waals surface area (Å²) < 4.78 is 25.3. The maximum absolute atomic E-state index is 12.2. The number of pyridine rings is 1. The number of carboxylic acid groups (broad SMARTS) is 1. The van der Waals surface area contributed by atoms with Crippen LogP contribution in [0.25, 0.3) is 0 Å². The summed E-state index contributed by atoms with van der Waals surface area (Å²) in [6.45, 7) is 2.36. The number of hydrogen-bond donors (Lipinski definition) is 1. The zero-order valence-electron chi connectivity index (χ0n) is 10.8. The van der Waals surface area contributed by atoms with Gasteiger partial charge in [0.2, 0.25) is 10.0 Å². The van der Waals surface area contributed by atoms with Crippen molar-refractivity contribution >= 4 is 21.8 Å². The van der Waals surface area contributed by atoms with E-state index in [9.17, 15) is 23.3 Å². The molecule has 0 amide bonds. The molecule has 0 unspecified atom stereocenters. The largest absolute Gasteiger partial charge is 0.480 e. The van der Waals surface area contributed by atoms with Crippen LogP contribution in [0.5, 0.6) is 0 Å². The van der Waals surface area contributed by atoms with Crippen molar-refractivity contribution in [2.75, 3.05) is 6.54 Å². The van der Waals surface area contributed by atoms with Gasteiger partial charge in [0.15, 0.2) is 6.20 Å². The highest BCUT2D eigenvalue weighted by atomic mass is 32.2. The first-order valence-corrected chi connectivity index (χ1v) is 6.94. The average molecular weight is 303 g/mol. The Morgan fingerprint density at radius 2 is 2.10 bits per heavy atom. The summed E-state index contributed by atoms with van der Waals surface area (Å²) >= 11 is 0. The first-order chi connectivity index (χ1) is 9.16. The normalized spacial score (nSPS) is 11.8. The van der Waals surface area contributed by atoms with E-state index < -0.39 is 39.3 Å². The molecule has 110 valence electrons. The Kier molecular flexibility index (Phi) is 4.73. The number of nitrogens with zero attached hydrogens (tertiary/aromatic N) is 3.